The second-order valence-electron chi connectivity index (χ2n) is 12.5. The Morgan fingerprint density at radius 2 is 1.14 bits per heavy atom. The Morgan fingerprint density at radius 1 is 0.690 bits per heavy atom. The molecule has 2 atom stereocenters. The molecule has 4 aromatic rings. The van der Waals surface area contributed by atoms with Crippen molar-refractivity contribution in [2.24, 2.45) is 0 Å². The third-order valence-corrected chi connectivity index (χ3v) is 57.4. The number of benzene rings is 4. The summed E-state index contributed by atoms with van der Waals surface area (Å²) in [7, 11) is 8.88. The normalized spacial score (nSPS) is 17.8. The van der Waals surface area contributed by atoms with Gasteiger partial charge in [0.1, 0.15) is 0 Å². The fourth-order valence-corrected chi connectivity index (χ4v) is 46.3. The Hall–Kier alpha value is -2.58. The number of aldehydes is 1. The molecule has 2 aliphatic carbocycles. The Balaban J connectivity index is 1.63. The Kier molecular flexibility index (Phi) is 8.07. The first-order chi connectivity index (χ1) is 20.3. The van der Waals surface area contributed by atoms with E-state index in [0.717, 1.165) is 16.8 Å². The molecular weight excluding hydrogens is 627 g/mol. The third kappa shape index (κ3) is 4.55. The number of hydrogen-bond acceptors (Lipinski definition) is 1. The van der Waals surface area contributed by atoms with Crippen molar-refractivity contribution in [1.29, 1.82) is 0 Å². The van der Waals surface area contributed by atoms with Gasteiger partial charge in [-0.05, 0) is 0 Å². The molecule has 2 aliphatic rings. The van der Waals surface area contributed by atoms with Crippen LogP contribution in [0.2, 0.25) is 17.2 Å². The molecule has 0 saturated carbocycles. The average molecular weight is 666 g/mol. The van der Waals surface area contributed by atoms with Gasteiger partial charge in [0, 0.05) is 0 Å². The van der Waals surface area contributed by atoms with E-state index in [1.807, 2.05) is 0 Å². The number of carbonyl (C=O) groups is 1. The van der Waals surface area contributed by atoms with E-state index >= 15 is 0 Å². The van der Waals surface area contributed by atoms with Crippen LogP contribution in [-0.4, -0.2) is 11.7 Å². The monoisotopic (exact) mass is 664 g/mol. The fourth-order valence-electron chi connectivity index (χ4n) is 8.33. The average Bonchev–Trinajstić information content (AvgIpc) is 3.54. The first-order valence-electron chi connectivity index (χ1n) is 15.1. The van der Waals surface area contributed by atoms with Crippen LogP contribution < -0.4 is 0 Å². The van der Waals surface area contributed by atoms with E-state index < -0.39 is 21.6 Å². The molecule has 6 rings (SSSR count). The number of unbranched alkanes of at least 4 members (excludes halogenated alkanes) is 1. The standard InChI is InChI=1S/2C16H13.C4H7O.C2H6Si.ClH.Zr/c2*1-12-10-14-8-5-9-15(16(14)11-12)13-6-3-2-4-7-13;1-2-3-4-5;1-3-2;;/h2*2-11H,1H3;4H,1-3H2;1-2H3;1H;/q;;;;;+1/p-1. The fraction of sp³-hybridized carbons (Fsp3) is 0.237. The van der Waals surface area contributed by atoms with Gasteiger partial charge in [-0.1, -0.05) is 0 Å². The van der Waals surface area contributed by atoms with Crippen LogP contribution in [0.1, 0.15) is 56.2 Å². The van der Waals surface area contributed by atoms with Gasteiger partial charge >= 0.3 is 257 Å². The topological polar surface area (TPSA) is 17.1 Å². The van der Waals surface area contributed by atoms with Gasteiger partial charge in [-0.3, -0.25) is 0 Å². The molecule has 0 heterocycles. The van der Waals surface area contributed by atoms with Gasteiger partial charge in [0.15, 0.2) is 0 Å². The van der Waals surface area contributed by atoms with Crippen molar-refractivity contribution in [1.82, 2.24) is 0 Å². The van der Waals surface area contributed by atoms with E-state index in [9.17, 15) is 4.79 Å². The number of rotatable bonds is 8. The van der Waals surface area contributed by atoms with Crippen molar-refractivity contribution in [3.63, 3.8) is 0 Å². The van der Waals surface area contributed by atoms with Gasteiger partial charge in [-0.2, -0.15) is 0 Å². The molecule has 0 aliphatic heterocycles. The van der Waals surface area contributed by atoms with Gasteiger partial charge in [0.25, 0.3) is 0 Å². The van der Waals surface area contributed by atoms with E-state index in [1.165, 1.54) is 55.7 Å². The molecule has 0 fully saturated rings. The summed E-state index contributed by atoms with van der Waals surface area (Å²) >= 11 is -4.47. The molecule has 212 valence electrons. The predicted molar refractivity (Wildman–Crippen MR) is 180 cm³/mol. The predicted octanol–water partition coefficient (Wildman–Crippen LogP) is 11.1. The van der Waals surface area contributed by atoms with Gasteiger partial charge in [0.2, 0.25) is 0 Å². The summed E-state index contributed by atoms with van der Waals surface area (Å²) in [5.41, 5.74) is 12.4. The van der Waals surface area contributed by atoms with E-state index in [4.69, 9.17) is 8.51 Å². The number of fused-ring (bicyclic) bond motifs is 2. The summed E-state index contributed by atoms with van der Waals surface area (Å²) in [5.74, 6) is 0. The van der Waals surface area contributed by atoms with Crippen molar-refractivity contribution in [3.8, 4) is 22.3 Å². The second kappa shape index (κ2) is 11.5. The maximum atomic E-state index is 11.7. The Labute approximate surface area is 255 Å². The van der Waals surface area contributed by atoms with Gasteiger partial charge in [-0.25, -0.2) is 0 Å². The summed E-state index contributed by atoms with van der Waals surface area (Å²) in [5, 5.41) is 0. The van der Waals surface area contributed by atoms with Crippen LogP contribution in [0, 0.1) is 0 Å². The summed E-state index contributed by atoms with van der Waals surface area (Å²) in [6, 6.07) is 35.2. The van der Waals surface area contributed by atoms with Crippen molar-refractivity contribution in [2.45, 2.75) is 51.2 Å². The molecule has 4 heteroatoms. The number of carbonyl (C=O) groups excluding carboxylic acids is 1. The molecule has 0 amide bonds. The zero-order chi connectivity index (χ0) is 29.5. The molecule has 0 N–H and O–H groups in total. The molecule has 0 bridgehead atoms. The minimum atomic E-state index is -4.47. The van der Waals surface area contributed by atoms with Crippen LogP contribution in [0.3, 0.4) is 0 Å². The molecular formula is C38H39ClOSiZr. The van der Waals surface area contributed by atoms with Gasteiger partial charge in [-0.15, -0.1) is 0 Å². The Bertz CT molecular complexity index is 1700. The molecule has 0 spiro atoms. The number of halogens is 1. The molecule has 1 nitrogen and oxygen atoms in total. The van der Waals surface area contributed by atoms with Crippen LogP contribution in [-0.2, 0) is 21.0 Å². The van der Waals surface area contributed by atoms with Crippen molar-refractivity contribution >= 4 is 32.4 Å². The minimum absolute atomic E-state index is 0.238. The first-order valence-corrected chi connectivity index (χ1v) is 29.1. The zero-order valence-electron chi connectivity index (χ0n) is 25.0. The van der Waals surface area contributed by atoms with Crippen LogP contribution >= 0.6 is 8.51 Å². The maximum absolute atomic E-state index is 11.7. The van der Waals surface area contributed by atoms with E-state index in [0.29, 0.717) is 6.42 Å². The Morgan fingerprint density at radius 3 is 1.55 bits per heavy atom. The van der Waals surface area contributed by atoms with E-state index in [-0.39, 0.29) is 7.25 Å². The quantitative estimate of drug-likeness (QED) is 0.104. The second-order valence-corrected chi connectivity index (χ2v) is 47.4. The number of allylic oxidation sites excluding steroid dienone is 2. The number of hydrogen-bond donors (Lipinski definition) is 0. The van der Waals surface area contributed by atoms with E-state index in [2.05, 4.69) is 136 Å². The summed E-state index contributed by atoms with van der Waals surface area (Å²) in [6.07, 6.45) is 7.41. The molecule has 2 unspecified atom stereocenters. The van der Waals surface area contributed by atoms with Crippen LogP contribution in [0.25, 0.3) is 34.4 Å². The van der Waals surface area contributed by atoms with Crippen molar-refractivity contribution in [2.75, 3.05) is 0 Å². The molecule has 42 heavy (non-hydrogen) atoms. The van der Waals surface area contributed by atoms with Gasteiger partial charge < -0.3 is 0 Å². The first kappa shape index (κ1) is 29.5. The third-order valence-electron chi connectivity index (χ3n) is 10.1. The molecule has 0 radical (unpaired) electrons. The molecule has 4 aromatic carbocycles. The van der Waals surface area contributed by atoms with Crippen LogP contribution in [0.4, 0.5) is 0 Å². The van der Waals surface area contributed by atoms with Crippen molar-refractivity contribution in [3.05, 3.63) is 130 Å². The summed E-state index contributed by atoms with van der Waals surface area (Å²) in [4.78, 5) is 11.7. The zero-order valence-corrected chi connectivity index (χ0v) is 29.2. The molecule has 0 saturated heterocycles. The summed E-state index contributed by atoms with van der Waals surface area (Å²) in [6.45, 7) is 9.63. The SMILES string of the molecule is CC1=Cc2c(-c3ccccc3)cccc2[CH]1[Zr]([Cl])([CH2]CCC=O)([CH]1C(C)=Cc2c(-c3ccccc3)cccc21)=[Si](C)C. The van der Waals surface area contributed by atoms with Gasteiger partial charge in [0.05, 0.1) is 0 Å². The van der Waals surface area contributed by atoms with Crippen molar-refractivity contribution < 1.29 is 21.0 Å². The van der Waals surface area contributed by atoms with Crippen LogP contribution in [0.15, 0.2) is 108 Å². The van der Waals surface area contributed by atoms with E-state index in [1.54, 1.807) is 0 Å². The van der Waals surface area contributed by atoms with Crippen LogP contribution in [0.5, 0.6) is 0 Å². The summed E-state index contributed by atoms with van der Waals surface area (Å²) < 4.78 is 1.46. The molecule has 0 aromatic heterocycles.